The second-order valence-corrected chi connectivity index (χ2v) is 30.8. The minimum absolute atomic E-state index is 0. The van der Waals surface area contributed by atoms with Crippen LogP contribution in [-0.4, -0.2) is 190 Å². The molecule has 8 heterocycles. The minimum atomic E-state index is -0.321. The molecule has 6 aliphatic rings. The molecule has 578 valence electrons. The van der Waals surface area contributed by atoms with Crippen LogP contribution in [0.5, 0.6) is 0 Å². The van der Waals surface area contributed by atoms with Crippen molar-refractivity contribution >= 4 is 83.2 Å². The smallest absolute Gasteiger partial charge is 0.315 e. The van der Waals surface area contributed by atoms with Gasteiger partial charge in [0.25, 0.3) is 0 Å². The fraction of sp³-hybridized carbons (Fsp3) is 0.513. The monoisotopic (exact) mass is 1670 g/mol. The summed E-state index contributed by atoms with van der Waals surface area (Å²) < 4.78 is 24.9. The Kier molecular flexibility index (Phi) is 36.7. The summed E-state index contributed by atoms with van der Waals surface area (Å²) in [4.78, 5) is 97.8. The molecule has 2 aromatic heterocycles. The van der Waals surface area contributed by atoms with Crippen LogP contribution in [-0.2, 0) is 137 Å². The number of rotatable bonds is 30. The van der Waals surface area contributed by atoms with Gasteiger partial charge in [-0.3, -0.25) is 31.8 Å². The quantitative estimate of drug-likeness (QED) is 0.0139. The Labute approximate surface area is 693 Å². The van der Waals surface area contributed by atoms with Gasteiger partial charge in [0.1, 0.15) is 11.4 Å². The summed E-state index contributed by atoms with van der Waals surface area (Å²) in [6.07, 6.45) is 11.3. The van der Waals surface area contributed by atoms with E-state index in [2.05, 4.69) is 114 Å². The molecule has 6 aromatic rings. The second-order valence-electron chi connectivity index (χ2n) is 28.2. The number of benzene rings is 4. The average molecular weight is 1670 g/mol. The van der Waals surface area contributed by atoms with Gasteiger partial charge >= 0.3 is 12.1 Å². The van der Waals surface area contributed by atoms with Gasteiger partial charge in [0.05, 0.1) is 111 Å². The molecule has 4 aromatic carbocycles. The Morgan fingerprint density at radius 2 is 0.898 bits per heavy atom. The van der Waals surface area contributed by atoms with Crippen LogP contribution in [0.2, 0.25) is 0 Å². The van der Waals surface area contributed by atoms with Gasteiger partial charge in [-0.15, -0.1) is 10.2 Å². The van der Waals surface area contributed by atoms with Crippen molar-refractivity contribution in [1.82, 2.24) is 61.9 Å². The molecule has 30 heteroatoms. The summed E-state index contributed by atoms with van der Waals surface area (Å²) in [7, 11) is 0. The Morgan fingerprint density at radius 3 is 1.35 bits per heavy atom. The number of nitrogens with one attached hydrogen (secondary N) is 6. The Hall–Kier alpha value is -6.33. The third kappa shape index (κ3) is 24.8. The molecule has 12 rings (SSSR count). The van der Waals surface area contributed by atoms with Crippen LogP contribution in [0.4, 0.5) is 21.0 Å². The van der Waals surface area contributed by atoms with Crippen molar-refractivity contribution in [2.24, 2.45) is 0 Å². The van der Waals surface area contributed by atoms with Crippen molar-refractivity contribution in [1.29, 1.82) is 0 Å². The first-order valence-electron chi connectivity index (χ1n) is 36.6. The zero-order valence-corrected chi connectivity index (χ0v) is 70.3. The van der Waals surface area contributed by atoms with E-state index in [0.29, 0.717) is 127 Å². The first kappa shape index (κ1) is 88.9. The maximum Gasteiger partial charge on any atom is 0.315 e. The number of urea groups is 2. The summed E-state index contributed by atoms with van der Waals surface area (Å²) in [5, 5.41) is 36.6. The maximum atomic E-state index is 13.6. The molecular weight excluding hydrogens is 1570 g/mol. The molecule has 6 atom stereocenters. The summed E-state index contributed by atoms with van der Waals surface area (Å²) in [6.45, 7) is 24.7. The molecule has 6 aliphatic heterocycles. The molecule has 0 bridgehead atoms. The number of unbranched alkanes of at least 4 members (excludes halogenated alkanes) is 4. The third-order valence-corrected chi connectivity index (χ3v) is 21.5. The van der Waals surface area contributed by atoms with Gasteiger partial charge < -0.3 is 84.1 Å². The zero-order chi connectivity index (χ0) is 75.6. The number of amides is 8. The van der Waals surface area contributed by atoms with E-state index >= 15 is 0 Å². The van der Waals surface area contributed by atoms with Gasteiger partial charge in [0, 0.05) is 148 Å². The average Bonchev–Trinajstić information content (AvgIpc) is 1.56. The number of thioether (sulfide) groups is 2. The van der Waals surface area contributed by atoms with E-state index in [1.165, 1.54) is 0 Å². The maximum absolute atomic E-state index is 13.6. The number of carbonyl (C=O) groups excluding carboxylic acids is 8. The number of para-hydroxylation sites is 2. The van der Waals surface area contributed by atoms with Gasteiger partial charge in [-0.1, -0.05) is 134 Å². The molecule has 4 saturated heterocycles. The molecule has 6 N–H and O–H groups in total. The normalized spacial score (nSPS) is 18.2. The van der Waals surface area contributed by atoms with Crippen LogP contribution in [0.1, 0.15) is 130 Å². The Balaban J connectivity index is 0.000000216. The Bertz CT molecular complexity index is 3880. The van der Waals surface area contributed by atoms with E-state index in [-0.39, 0.29) is 138 Å². The SMILES string of the molecule is O=[C-]CCCC[C@@H]1SC[C@@H]2NC(=O)N[C@@H]21.O=[C-]CCCC[C@@H]1SC[C@@H]2NC(=O)N[C@@H]21.[CH2-]COCCOCCNC(=O)CCC(=O)N1Cc2ccccc2-c2c(nnn2C(C)(C)C)-c2ccccc21.[CH2-]COCCOCCNC(=O)CCC(=O)N1Cc2ccccc2-c2nnn(C(C)(C)C)c2-c2ccccc21.[Y].[Y]. The van der Waals surface area contributed by atoms with Crippen LogP contribution < -0.4 is 41.7 Å². The molecule has 0 unspecified atom stereocenters. The largest absolute Gasteiger partial charge is 0.542 e. The molecule has 108 heavy (non-hydrogen) atoms. The number of fused-ring (bicyclic) bond motifs is 12. The van der Waals surface area contributed by atoms with E-state index in [0.717, 1.165) is 118 Å². The van der Waals surface area contributed by atoms with Crippen LogP contribution in [0.15, 0.2) is 97.1 Å². The van der Waals surface area contributed by atoms with Gasteiger partial charge in [0.2, 0.25) is 23.6 Å². The van der Waals surface area contributed by atoms with Crippen molar-refractivity contribution in [2.75, 3.05) is 87.3 Å². The van der Waals surface area contributed by atoms with Gasteiger partial charge in [0.15, 0.2) is 0 Å². The second kappa shape index (κ2) is 44.6. The third-order valence-electron chi connectivity index (χ3n) is 18.5. The topological polar surface area (TPSA) is 314 Å². The van der Waals surface area contributed by atoms with Crippen LogP contribution in [0, 0.1) is 13.8 Å². The van der Waals surface area contributed by atoms with E-state index in [4.69, 9.17) is 18.9 Å². The number of ether oxygens (including phenoxy) is 4. The predicted octanol–water partition coefficient (Wildman–Crippen LogP) is 9.59. The summed E-state index contributed by atoms with van der Waals surface area (Å²) >= 11 is 3.84. The van der Waals surface area contributed by atoms with Gasteiger partial charge in [-0.25, -0.2) is 19.0 Å². The van der Waals surface area contributed by atoms with Crippen molar-refractivity contribution in [3.05, 3.63) is 122 Å². The standard InChI is InChI=1S/2C29H36N5O4.2C10H15N2O2S.2Y/c1-5-37-18-19-38-17-16-30-25(35)14-15-26(36)33-20-21-10-6-7-11-22(21)28-27(23-12-8-9-13-24(23)33)31-32-34(28)29(2,3)4;1-5-37-18-19-38-17-16-30-25(35)14-15-26(36)33-20-21-10-6-7-11-22(21)27-28(23-12-8-9-13-24(23)33)34(32-31-27)29(2,3)4;2*13-5-3-1-2-4-8-9-7(6-15-8)11-10(14)12-9;;/h2*6-13H,1,5,14-20H2,2-4H3,(H,30,35);2*7-9H,1-4,6H2,(H2,11,12,14);;/q4*-1;;/t;;2*7-,8-,9-;;/m..00../s1. The first-order chi connectivity index (χ1) is 51.2. The fourth-order valence-electron chi connectivity index (χ4n) is 13.3. The van der Waals surface area contributed by atoms with E-state index in [1.54, 1.807) is 9.80 Å². The number of hydrogen-bond donors (Lipinski definition) is 6. The van der Waals surface area contributed by atoms with Crippen LogP contribution >= 0.6 is 23.5 Å². The number of anilines is 2. The van der Waals surface area contributed by atoms with Gasteiger partial charge in [-0.2, -0.15) is 36.4 Å². The Morgan fingerprint density at radius 1 is 0.509 bits per heavy atom. The number of carbonyl (C=O) groups is 6. The summed E-state index contributed by atoms with van der Waals surface area (Å²) in [5.74, 6) is 1.39. The molecule has 4 fully saturated rings. The number of hydrogen-bond acceptors (Lipinski definition) is 18. The molecule has 2 radical (unpaired) electrons. The number of nitrogens with zero attached hydrogens (tertiary/aromatic N) is 8. The van der Waals surface area contributed by atoms with Crippen LogP contribution in [0.3, 0.4) is 0 Å². The molecule has 8 amide bonds. The van der Waals surface area contributed by atoms with Crippen LogP contribution in [0.25, 0.3) is 45.0 Å². The van der Waals surface area contributed by atoms with Crippen molar-refractivity contribution in [3.63, 3.8) is 0 Å². The van der Waals surface area contributed by atoms with E-state index < -0.39 is 0 Å². The minimum Gasteiger partial charge on any atom is -0.542 e. The predicted molar refractivity (Wildman–Crippen MR) is 412 cm³/mol. The van der Waals surface area contributed by atoms with Crippen molar-refractivity contribution in [2.45, 2.75) is 177 Å². The summed E-state index contributed by atoms with van der Waals surface area (Å²) in [5.41, 5.74) is 9.91. The molecule has 26 nitrogen and oxygen atoms in total. The first-order valence-corrected chi connectivity index (χ1v) is 38.7. The summed E-state index contributed by atoms with van der Waals surface area (Å²) in [6, 6.07) is 32.7. The van der Waals surface area contributed by atoms with E-state index in [9.17, 15) is 38.4 Å². The van der Waals surface area contributed by atoms with Crippen molar-refractivity contribution in [3.8, 4) is 45.0 Å². The van der Waals surface area contributed by atoms with E-state index in [1.807, 2.05) is 136 Å². The van der Waals surface area contributed by atoms with Crippen molar-refractivity contribution < 1.29 is 123 Å². The number of aromatic nitrogens is 6. The molecule has 0 aliphatic carbocycles. The molecule has 0 spiro atoms. The molecular formula is C78H102N14O12S2Y2-4. The van der Waals surface area contributed by atoms with Gasteiger partial charge in [-0.05, 0) is 77.6 Å². The molecule has 0 saturated carbocycles. The fourth-order valence-corrected chi connectivity index (χ4v) is 16.4. The zero-order valence-electron chi connectivity index (χ0n) is 62.9.